The highest BCUT2D eigenvalue weighted by atomic mass is 32.2. The van der Waals surface area contributed by atoms with Gasteiger partial charge in [0.15, 0.2) is 0 Å². The predicted octanol–water partition coefficient (Wildman–Crippen LogP) is 2.11. The lowest BCUT2D eigenvalue weighted by Crippen LogP contribution is -2.23. The molecule has 0 radical (unpaired) electrons. The van der Waals surface area contributed by atoms with Crippen LogP contribution in [0, 0.1) is 0 Å². The van der Waals surface area contributed by atoms with Crippen LogP contribution in [0.15, 0.2) is 57.4 Å². The van der Waals surface area contributed by atoms with E-state index in [0.29, 0.717) is 17.1 Å². The molecule has 0 bridgehead atoms. The summed E-state index contributed by atoms with van der Waals surface area (Å²) in [5.74, 6) is 0. The minimum absolute atomic E-state index is 0.213. The average Bonchev–Trinajstić information content (AvgIpc) is 2.42. The highest BCUT2D eigenvalue weighted by Gasteiger charge is 2.14. The van der Waals surface area contributed by atoms with E-state index < -0.39 is 10.0 Å². The van der Waals surface area contributed by atoms with Crippen LogP contribution in [0.4, 0.5) is 5.69 Å². The molecule has 0 spiro atoms. The molecule has 5 nitrogen and oxygen atoms in total. The molecule has 1 aromatic carbocycles. The first-order chi connectivity index (χ1) is 9.53. The lowest BCUT2D eigenvalue weighted by molar-refractivity contribution is 0.583. The summed E-state index contributed by atoms with van der Waals surface area (Å²) in [6, 6.07) is 8.38. The van der Waals surface area contributed by atoms with E-state index in [1.807, 2.05) is 12.1 Å². The van der Waals surface area contributed by atoms with Gasteiger partial charge in [-0.25, -0.2) is 13.1 Å². The van der Waals surface area contributed by atoms with Gasteiger partial charge >= 0.3 is 0 Å². The summed E-state index contributed by atoms with van der Waals surface area (Å²) in [5.41, 5.74) is 6.45. The molecular formula is C13H15N3O2S2. The van der Waals surface area contributed by atoms with Crippen molar-refractivity contribution in [1.82, 2.24) is 9.71 Å². The van der Waals surface area contributed by atoms with Crippen molar-refractivity contribution in [2.45, 2.75) is 21.6 Å². The van der Waals surface area contributed by atoms with Crippen molar-refractivity contribution in [3.63, 3.8) is 0 Å². The van der Waals surface area contributed by atoms with Crippen molar-refractivity contribution in [2.75, 3.05) is 12.3 Å². The van der Waals surface area contributed by atoms with Gasteiger partial charge in [-0.15, -0.1) is 0 Å². The lowest BCUT2D eigenvalue weighted by Gasteiger charge is -2.09. The number of pyridine rings is 1. The topological polar surface area (TPSA) is 85.1 Å². The van der Waals surface area contributed by atoms with Gasteiger partial charge in [0.25, 0.3) is 0 Å². The Balaban J connectivity index is 2.35. The zero-order valence-electron chi connectivity index (χ0n) is 10.9. The zero-order chi connectivity index (χ0) is 14.6. The number of nitrogens with zero attached hydrogens (tertiary/aromatic N) is 1. The van der Waals surface area contributed by atoms with Crippen molar-refractivity contribution in [1.29, 1.82) is 0 Å². The Labute approximate surface area is 122 Å². The molecule has 0 amide bonds. The van der Waals surface area contributed by atoms with E-state index in [0.717, 1.165) is 4.90 Å². The monoisotopic (exact) mass is 309 g/mol. The summed E-state index contributed by atoms with van der Waals surface area (Å²) < 4.78 is 26.4. The average molecular weight is 309 g/mol. The Morgan fingerprint density at radius 3 is 2.60 bits per heavy atom. The van der Waals surface area contributed by atoms with Crippen molar-refractivity contribution in [3.05, 3.63) is 42.7 Å². The van der Waals surface area contributed by atoms with Gasteiger partial charge in [0.05, 0.1) is 4.90 Å². The van der Waals surface area contributed by atoms with Crippen LogP contribution in [-0.4, -0.2) is 19.9 Å². The van der Waals surface area contributed by atoms with Crippen LogP contribution in [0.5, 0.6) is 0 Å². The van der Waals surface area contributed by atoms with Crippen molar-refractivity contribution in [3.8, 4) is 0 Å². The summed E-state index contributed by atoms with van der Waals surface area (Å²) in [5, 5.41) is 0. The molecule has 0 atom stereocenters. The molecule has 0 saturated heterocycles. The first kappa shape index (κ1) is 14.8. The zero-order valence-corrected chi connectivity index (χ0v) is 12.5. The van der Waals surface area contributed by atoms with Gasteiger partial charge in [-0.05, 0) is 30.3 Å². The highest BCUT2D eigenvalue weighted by Crippen LogP contribution is 2.33. The number of nitrogens with two attached hydrogens (primary N) is 1. The fourth-order valence-electron chi connectivity index (χ4n) is 1.58. The predicted molar refractivity (Wildman–Crippen MR) is 80.1 cm³/mol. The number of nitrogens with one attached hydrogen (secondary N) is 1. The van der Waals surface area contributed by atoms with Gasteiger partial charge in [-0.1, -0.05) is 18.7 Å². The molecule has 0 fully saturated rings. The van der Waals surface area contributed by atoms with Crippen LogP contribution in [0.1, 0.15) is 6.92 Å². The fourth-order valence-corrected chi connectivity index (χ4v) is 3.60. The molecular weight excluding hydrogens is 294 g/mol. The standard InChI is InChI=1S/C13H15N3O2S2/c1-2-16-20(17,18)11-3-4-12(14)13(9-11)19-10-5-7-15-8-6-10/h3-9,16H,2,14H2,1H3. The smallest absolute Gasteiger partial charge is 0.240 e. The van der Waals surface area contributed by atoms with E-state index >= 15 is 0 Å². The number of anilines is 1. The van der Waals surface area contributed by atoms with Gasteiger partial charge < -0.3 is 5.73 Å². The maximum atomic E-state index is 12.0. The van der Waals surface area contributed by atoms with Crippen molar-refractivity contribution in [2.24, 2.45) is 0 Å². The van der Waals surface area contributed by atoms with Crippen LogP contribution in [0.25, 0.3) is 0 Å². The molecule has 7 heteroatoms. The van der Waals surface area contributed by atoms with Crippen LogP contribution in [0.2, 0.25) is 0 Å². The molecule has 0 aliphatic heterocycles. The molecule has 20 heavy (non-hydrogen) atoms. The van der Waals surface area contributed by atoms with E-state index in [1.165, 1.54) is 17.8 Å². The molecule has 2 aromatic rings. The highest BCUT2D eigenvalue weighted by molar-refractivity contribution is 7.99. The minimum atomic E-state index is -3.47. The normalized spacial score (nSPS) is 11.4. The van der Waals surface area contributed by atoms with Gasteiger partial charge in [0, 0.05) is 34.4 Å². The molecule has 0 aliphatic rings. The number of benzene rings is 1. The Kier molecular flexibility index (Phi) is 4.64. The molecule has 0 saturated carbocycles. The van der Waals surface area contributed by atoms with E-state index in [2.05, 4.69) is 9.71 Å². The summed E-state index contributed by atoms with van der Waals surface area (Å²) in [6.07, 6.45) is 3.36. The maximum absolute atomic E-state index is 12.0. The van der Waals surface area contributed by atoms with Crippen LogP contribution < -0.4 is 10.5 Å². The van der Waals surface area contributed by atoms with Crippen LogP contribution >= 0.6 is 11.8 Å². The molecule has 3 N–H and O–H groups in total. The second-order valence-corrected chi connectivity index (χ2v) is 6.87. The fraction of sp³-hybridized carbons (Fsp3) is 0.154. The third kappa shape index (κ3) is 3.50. The number of aromatic nitrogens is 1. The Hall–Kier alpha value is -1.57. The SMILES string of the molecule is CCNS(=O)(=O)c1ccc(N)c(Sc2ccncc2)c1. The first-order valence-corrected chi connectivity index (χ1v) is 8.30. The molecule has 2 rings (SSSR count). The number of rotatable bonds is 5. The Bertz CT molecular complexity index is 688. The van der Waals surface area contributed by atoms with Gasteiger partial charge in [0.1, 0.15) is 0 Å². The number of hydrogen-bond acceptors (Lipinski definition) is 5. The third-order valence-electron chi connectivity index (χ3n) is 2.51. The second-order valence-electron chi connectivity index (χ2n) is 3.99. The molecule has 1 heterocycles. The van der Waals surface area contributed by atoms with E-state index in [9.17, 15) is 8.42 Å². The quantitative estimate of drug-likeness (QED) is 0.826. The summed E-state index contributed by atoms with van der Waals surface area (Å²) in [7, 11) is -3.47. The van der Waals surface area contributed by atoms with Crippen molar-refractivity contribution >= 4 is 27.5 Å². The molecule has 1 aromatic heterocycles. The van der Waals surface area contributed by atoms with Gasteiger partial charge in [-0.2, -0.15) is 0 Å². The largest absolute Gasteiger partial charge is 0.398 e. The number of hydrogen-bond donors (Lipinski definition) is 2. The summed E-state index contributed by atoms with van der Waals surface area (Å²) >= 11 is 1.41. The van der Waals surface area contributed by atoms with Gasteiger partial charge in [0.2, 0.25) is 10.0 Å². The minimum Gasteiger partial charge on any atom is -0.398 e. The summed E-state index contributed by atoms with van der Waals surface area (Å²) in [6.45, 7) is 2.08. The third-order valence-corrected chi connectivity index (χ3v) is 5.13. The Morgan fingerprint density at radius 2 is 1.95 bits per heavy atom. The number of nitrogen functional groups attached to an aromatic ring is 1. The van der Waals surface area contributed by atoms with Crippen LogP contribution in [-0.2, 0) is 10.0 Å². The lowest BCUT2D eigenvalue weighted by atomic mass is 10.3. The number of sulfonamides is 1. The van der Waals surface area contributed by atoms with Gasteiger partial charge in [-0.3, -0.25) is 4.98 Å². The van der Waals surface area contributed by atoms with E-state index in [1.54, 1.807) is 31.5 Å². The van der Waals surface area contributed by atoms with E-state index in [-0.39, 0.29) is 4.90 Å². The van der Waals surface area contributed by atoms with Crippen LogP contribution in [0.3, 0.4) is 0 Å². The molecule has 0 unspecified atom stereocenters. The van der Waals surface area contributed by atoms with E-state index in [4.69, 9.17) is 5.73 Å². The summed E-state index contributed by atoms with van der Waals surface area (Å²) in [4.78, 5) is 5.81. The van der Waals surface area contributed by atoms with Crippen molar-refractivity contribution < 1.29 is 8.42 Å². The first-order valence-electron chi connectivity index (χ1n) is 6.00. The second kappa shape index (κ2) is 6.25. The molecule has 0 aliphatic carbocycles. The molecule has 106 valence electrons. The maximum Gasteiger partial charge on any atom is 0.240 e. The Morgan fingerprint density at radius 1 is 1.25 bits per heavy atom.